The van der Waals surface area contributed by atoms with Crippen LogP contribution in [0.4, 0.5) is 18.9 Å². The summed E-state index contributed by atoms with van der Waals surface area (Å²) in [6, 6.07) is 5.02. The Morgan fingerprint density at radius 2 is 1.78 bits per heavy atom. The van der Waals surface area contributed by atoms with Gasteiger partial charge in [-0.1, -0.05) is 17.7 Å². The first kappa shape index (κ1) is 20.0. The summed E-state index contributed by atoms with van der Waals surface area (Å²) < 4.78 is 67.0. The number of alkyl halides is 3. The normalized spacial score (nSPS) is 16.7. The summed E-state index contributed by atoms with van der Waals surface area (Å²) in [6.45, 7) is 2.40. The average molecular weight is 423 g/mol. The predicted octanol–water partition coefficient (Wildman–Crippen LogP) is 2.91. The summed E-state index contributed by atoms with van der Waals surface area (Å²) >= 11 is 6.08. The predicted molar refractivity (Wildman–Crippen MR) is 95.4 cm³/mol. The van der Waals surface area contributed by atoms with Crippen molar-refractivity contribution in [3.63, 3.8) is 0 Å². The smallest absolute Gasteiger partial charge is 0.369 e. The van der Waals surface area contributed by atoms with E-state index in [0.29, 0.717) is 11.4 Å². The molecule has 1 aliphatic heterocycles. The first-order valence-electron chi connectivity index (χ1n) is 8.13. The van der Waals surface area contributed by atoms with Crippen molar-refractivity contribution in [3.8, 4) is 0 Å². The molecule has 0 spiro atoms. The van der Waals surface area contributed by atoms with Crippen molar-refractivity contribution >= 4 is 27.3 Å². The molecule has 1 fully saturated rings. The van der Waals surface area contributed by atoms with Gasteiger partial charge in [0.15, 0.2) is 0 Å². The van der Waals surface area contributed by atoms with Crippen molar-refractivity contribution in [3.05, 3.63) is 40.7 Å². The molecule has 0 aliphatic carbocycles. The summed E-state index contributed by atoms with van der Waals surface area (Å²) in [5.74, 6) is 0. The van der Waals surface area contributed by atoms with Crippen LogP contribution >= 0.6 is 11.6 Å². The minimum Gasteiger partial charge on any atom is -0.369 e. The molecule has 3 rings (SSSR count). The number of benzene rings is 1. The van der Waals surface area contributed by atoms with Crippen molar-refractivity contribution in [2.45, 2.75) is 18.0 Å². The van der Waals surface area contributed by atoms with E-state index in [2.05, 4.69) is 5.10 Å². The van der Waals surface area contributed by atoms with Gasteiger partial charge in [0.1, 0.15) is 10.0 Å². The van der Waals surface area contributed by atoms with Crippen LogP contribution in [0.5, 0.6) is 0 Å². The molecule has 11 heteroatoms. The van der Waals surface area contributed by atoms with Gasteiger partial charge in [-0.05, 0) is 25.1 Å². The molecule has 0 saturated carbocycles. The van der Waals surface area contributed by atoms with Crippen molar-refractivity contribution in [1.29, 1.82) is 0 Å². The SMILES string of the molecule is Cc1nn(C)c(Cl)c1S(=O)(=O)N1CCN(c2cccc(C(F)(F)F)c2)CC1. The zero-order valence-corrected chi connectivity index (χ0v) is 16.2. The van der Waals surface area contributed by atoms with E-state index in [1.54, 1.807) is 24.9 Å². The molecule has 0 amide bonds. The highest BCUT2D eigenvalue weighted by molar-refractivity contribution is 7.89. The molecule has 0 bridgehead atoms. The second-order valence-corrected chi connectivity index (χ2v) is 8.50. The first-order valence-corrected chi connectivity index (χ1v) is 9.95. The van der Waals surface area contributed by atoms with Gasteiger partial charge in [-0.15, -0.1) is 0 Å². The standard InChI is InChI=1S/C16H18ClF3N4O2S/c1-11-14(15(17)22(2)21-11)27(25,26)24-8-6-23(7-9-24)13-5-3-4-12(10-13)16(18,19)20/h3-5,10H,6-9H2,1-2H3. The minimum atomic E-state index is -4.42. The third kappa shape index (κ3) is 3.78. The lowest BCUT2D eigenvalue weighted by Crippen LogP contribution is -2.48. The number of halogens is 4. The monoisotopic (exact) mass is 422 g/mol. The lowest BCUT2D eigenvalue weighted by molar-refractivity contribution is -0.137. The first-order chi connectivity index (χ1) is 12.5. The quantitative estimate of drug-likeness (QED) is 0.763. The Labute approximate surface area is 160 Å². The average Bonchev–Trinajstić information content (AvgIpc) is 2.87. The minimum absolute atomic E-state index is 0.0285. The van der Waals surface area contributed by atoms with Crippen LogP contribution in [0.15, 0.2) is 29.2 Å². The Morgan fingerprint density at radius 1 is 1.15 bits per heavy atom. The third-order valence-electron chi connectivity index (χ3n) is 4.48. The summed E-state index contributed by atoms with van der Waals surface area (Å²) in [6.07, 6.45) is -4.42. The van der Waals surface area contributed by atoms with Crippen LogP contribution in [0.2, 0.25) is 5.15 Å². The lowest BCUT2D eigenvalue weighted by atomic mass is 10.1. The number of anilines is 1. The van der Waals surface area contributed by atoms with Crippen molar-refractivity contribution < 1.29 is 21.6 Å². The summed E-state index contributed by atoms with van der Waals surface area (Å²) in [5.41, 5.74) is -0.00640. The van der Waals surface area contributed by atoms with Gasteiger partial charge in [0.05, 0.1) is 11.3 Å². The summed E-state index contributed by atoms with van der Waals surface area (Å²) in [5, 5.41) is 4.06. The number of aromatic nitrogens is 2. The van der Waals surface area contributed by atoms with Gasteiger partial charge in [0, 0.05) is 38.9 Å². The molecule has 1 aromatic carbocycles. The molecule has 27 heavy (non-hydrogen) atoms. The van der Waals surface area contributed by atoms with E-state index in [4.69, 9.17) is 11.6 Å². The number of hydrogen-bond donors (Lipinski definition) is 0. The van der Waals surface area contributed by atoms with E-state index < -0.39 is 21.8 Å². The van der Waals surface area contributed by atoms with Gasteiger partial charge in [0.25, 0.3) is 0 Å². The molecule has 1 aromatic heterocycles. The maximum atomic E-state index is 12.9. The molecule has 148 valence electrons. The second-order valence-electron chi connectivity index (χ2n) is 6.27. The summed E-state index contributed by atoms with van der Waals surface area (Å²) in [4.78, 5) is 1.71. The molecule has 0 atom stereocenters. The number of rotatable bonds is 3. The second kappa shape index (κ2) is 6.99. The zero-order chi connectivity index (χ0) is 20.0. The van der Waals surface area contributed by atoms with Gasteiger partial charge < -0.3 is 4.90 Å². The Hall–Kier alpha value is -1.78. The number of hydrogen-bond acceptors (Lipinski definition) is 4. The van der Waals surface area contributed by atoms with E-state index in [1.807, 2.05) is 0 Å². The highest BCUT2D eigenvalue weighted by atomic mass is 35.5. The highest BCUT2D eigenvalue weighted by Gasteiger charge is 2.35. The highest BCUT2D eigenvalue weighted by Crippen LogP contribution is 2.32. The fraction of sp³-hybridized carbons (Fsp3) is 0.438. The number of piperazine rings is 1. The van der Waals surface area contributed by atoms with Crippen LogP contribution in [0.3, 0.4) is 0 Å². The van der Waals surface area contributed by atoms with Gasteiger partial charge in [-0.2, -0.15) is 22.6 Å². The third-order valence-corrected chi connectivity index (χ3v) is 7.07. The zero-order valence-electron chi connectivity index (χ0n) is 14.7. The molecule has 0 radical (unpaired) electrons. The van der Waals surface area contributed by atoms with Crippen LogP contribution in [0, 0.1) is 6.92 Å². The van der Waals surface area contributed by atoms with E-state index in [9.17, 15) is 21.6 Å². The molecule has 2 heterocycles. The van der Waals surface area contributed by atoms with E-state index >= 15 is 0 Å². The molecule has 1 aliphatic rings. The van der Waals surface area contributed by atoms with Crippen LogP contribution < -0.4 is 4.90 Å². The maximum Gasteiger partial charge on any atom is 0.416 e. The number of sulfonamides is 1. The Morgan fingerprint density at radius 3 is 2.30 bits per heavy atom. The van der Waals surface area contributed by atoms with Crippen LogP contribution in [-0.4, -0.2) is 48.7 Å². The van der Waals surface area contributed by atoms with Crippen LogP contribution in [0.1, 0.15) is 11.3 Å². The fourth-order valence-corrected chi connectivity index (χ4v) is 5.23. The van der Waals surface area contributed by atoms with Crippen LogP contribution in [-0.2, 0) is 23.2 Å². The van der Waals surface area contributed by atoms with Crippen molar-refractivity contribution in [1.82, 2.24) is 14.1 Å². The number of nitrogens with zero attached hydrogens (tertiary/aromatic N) is 4. The largest absolute Gasteiger partial charge is 0.416 e. The molecule has 0 N–H and O–H groups in total. The van der Waals surface area contributed by atoms with Gasteiger partial charge in [0.2, 0.25) is 10.0 Å². The van der Waals surface area contributed by atoms with E-state index in [0.717, 1.165) is 12.1 Å². The molecular formula is C16H18ClF3N4O2S. The van der Waals surface area contributed by atoms with Gasteiger partial charge >= 0.3 is 6.18 Å². The topological polar surface area (TPSA) is 58.4 Å². The Bertz CT molecular complexity index is 951. The van der Waals surface area contributed by atoms with Crippen LogP contribution in [0.25, 0.3) is 0 Å². The Balaban J connectivity index is 1.78. The van der Waals surface area contributed by atoms with Gasteiger partial charge in [-0.25, -0.2) is 8.42 Å². The molecule has 6 nitrogen and oxygen atoms in total. The van der Waals surface area contributed by atoms with E-state index in [1.165, 1.54) is 15.1 Å². The molecule has 1 saturated heterocycles. The maximum absolute atomic E-state index is 12.9. The molecule has 2 aromatic rings. The van der Waals surface area contributed by atoms with Crippen molar-refractivity contribution in [2.24, 2.45) is 7.05 Å². The summed E-state index contributed by atoms with van der Waals surface area (Å²) in [7, 11) is -2.27. The lowest BCUT2D eigenvalue weighted by Gasteiger charge is -2.35. The molecule has 0 unspecified atom stereocenters. The fourth-order valence-electron chi connectivity index (χ4n) is 3.10. The molecular weight excluding hydrogens is 405 g/mol. The van der Waals surface area contributed by atoms with E-state index in [-0.39, 0.29) is 36.2 Å². The Kier molecular flexibility index (Phi) is 5.17. The van der Waals surface area contributed by atoms with Gasteiger partial charge in [-0.3, -0.25) is 4.68 Å². The van der Waals surface area contributed by atoms with Crippen molar-refractivity contribution in [2.75, 3.05) is 31.1 Å². The number of aryl methyl sites for hydroxylation is 2.